The highest BCUT2D eigenvalue weighted by Gasteiger charge is 2.47. The molecule has 8 nitrogen and oxygen atoms in total. The Morgan fingerprint density at radius 3 is 2.97 bits per heavy atom. The van der Waals surface area contributed by atoms with Crippen molar-refractivity contribution in [3.05, 3.63) is 43.1 Å². The summed E-state index contributed by atoms with van der Waals surface area (Å²) in [5.74, 6) is 0.479. The van der Waals surface area contributed by atoms with Gasteiger partial charge in [-0.25, -0.2) is 14.4 Å². The smallest absolute Gasteiger partial charge is 0.252 e. The first kappa shape index (κ1) is 18.9. The van der Waals surface area contributed by atoms with E-state index in [1.165, 1.54) is 6.20 Å². The van der Waals surface area contributed by atoms with Crippen molar-refractivity contribution in [2.75, 3.05) is 0 Å². The zero-order chi connectivity index (χ0) is 20.7. The topological polar surface area (TPSA) is 98.0 Å². The molecule has 3 aromatic rings. The lowest BCUT2D eigenvalue weighted by Crippen LogP contribution is -2.64. The molecular formula is C21H23FN6O2. The second kappa shape index (κ2) is 7.32. The SMILES string of the molecule is C[C@@]12CCCC(N1)[C@@H](F)[C@@H](Oc1cnc(-c3ccc(-n4ccnc4)cc3O)nn1)C2. The Kier molecular flexibility index (Phi) is 4.62. The summed E-state index contributed by atoms with van der Waals surface area (Å²) in [6.07, 6.45) is 8.27. The Hall–Kier alpha value is -3.07. The van der Waals surface area contributed by atoms with E-state index in [0.29, 0.717) is 12.0 Å². The Balaban J connectivity index is 1.32. The van der Waals surface area contributed by atoms with Gasteiger partial charge in [0.25, 0.3) is 5.88 Å². The first-order valence-electron chi connectivity index (χ1n) is 10.1. The van der Waals surface area contributed by atoms with E-state index < -0.39 is 12.3 Å². The van der Waals surface area contributed by atoms with Crippen LogP contribution in [0.4, 0.5) is 4.39 Å². The first-order valence-corrected chi connectivity index (χ1v) is 10.1. The number of nitrogens with zero attached hydrogens (tertiary/aromatic N) is 5. The summed E-state index contributed by atoms with van der Waals surface area (Å²) < 4.78 is 22.4. The van der Waals surface area contributed by atoms with Crippen molar-refractivity contribution in [2.45, 2.75) is 56.5 Å². The molecule has 1 aromatic carbocycles. The summed E-state index contributed by atoms with van der Waals surface area (Å²) in [6.45, 7) is 2.12. The van der Waals surface area contributed by atoms with Gasteiger partial charge in [-0.2, -0.15) is 0 Å². The van der Waals surface area contributed by atoms with Crippen molar-refractivity contribution in [3.63, 3.8) is 0 Å². The molecule has 0 amide bonds. The molecule has 156 valence electrons. The molecule has 4 atom stereocenters. The number of hydrogen-bond acceptors (Lipinski definition) is 7. The van der Waals surface area contributed by atoms with Crippen LogP contribution in [0.3, 0.4) is 0 Å². The van der Waals surface area contributed by atoms with Gasteiger partial charge in [-0.15, -0.1) is 10.2 Å². The Bertz CT molecular complexity index is 1030. The van der Waals surface area contributed by atoms with Gasteiger partial charge in [0.2, 0.25) is 0 Å². The van der Waals surface area contributed by atoms with E-state index in [9.17, 15) is 9.50 Å². The van der Waals surface area contributed by atoms with Gasteiger partial charge in [-0.05, 0) is 38.3 Å². The number of alkyl halides is 1. The Labute approximate surface area is 173 Å². The number of ether oxygens (including phenoxy) is 1. The summed E-state index contributed by atoms with van der Waals surface area (Å²) in [4.78, 5) is 8.26. The number of phenols is 1. The van der Waals surface area contributed by atoms with Crippen LogP contribution in [0.15, 0.2) is 43.1 Å². The van der Waals surface area contributed by atoms with E-state index in [-0.39, 0.29) is 29.0 Å². The van der Waals surface area contributed by atoms with Crippen molar-refractivity contribution in [2.24, 2.45) is 0 Å². The van der Waals surface area contributed by atoms with Crippen molar-refractivity contribution in [1.82, 2.24) is 30.0 Å². The van der Waals surface area contributed by atoms with Crippen LogP contribution in [0, 0.1) is 0 Å². The molecule has 0 aliphatic carbocycles. The van der Waals surface area contributed by atoms with Crippen molar-refractivity contribution < 1.29 is 14.2 Å². The van der Waals surface area contributed by atoms with Gasteiger partial charge in [0.15, 0.2) is 12.0 Å². The van der Waals surface area contributed by atoms with Crippen LogP contribution in [0.1, 0.15) is 32.6 Å². The molecule has 1 unspecified atom stereocenters. The summed E-state index contributed by atoms with van der Waals surface area (Å²) >= 11 is 0. The van der Waals surface area contributed by atoms with Crippen LogP contribution in [-0.2, 0) is 0 Å². The number of rotatable bonds is 4. The standard InChI is InChI=1S/C21H23FN6O2/c1-21-6-2-3-15(25-21)19(22)17(10-21)30-18-11-24-20(27-26-18)14-5-4-13(9-16(14)29)28-8-7-23-12-28/h4-5,7-9,11-12,15,17,19,25,29H,2-3,6,10H2,1H3/t15?,17-,19+,21-/m0/s1. The average Bonchev–Trinajstić information content (AvgIpc) is 3.27. The number of phenolic OH excluding ortho intramolecular Hbond substituents is 1. The van der Waals surface area contributed by atoms with Crippen molar-refractivity contribution in [1.29, 1.82) is 0 Å². The highest BCUT2D eigenvalue weighted by Crippen LogP contribution is 2.37. The lowest BCUT2D eigenvalue weighted by molar-refractivity contribution is -0.0223. The van der Waals surface area contributed by atoms with Gasteiger partial charge in [-0.3, -0.25) is 0 Å². The highest BCUT2D eigenvalue weighted by molar-refractivity contribution is 5.65. The largest absolute Gasteiger partial charge is 0.507 e. The predicted octanol–water partition coefficient (Wildman–Crippen LogP) is 2.82. The molecule has 0 spiro atoms. The van der Waals surface area contributed by atoms with Crippen LogP contribution in [0.25, 0.3) is 17.1 Å². The van der Waals surface area contributed by atoms with Gasteiger partial charge in [-0.1, -0.05) is 0 Å². The van der Waals surface area contributed by atoms with Gasteiger partial charge in [0.1, 0.15) is 11.9 Å². The predicted molar refractivity (Wildman–Crippen MR) is 107 cm³/mol. The Morgan fingerprint density at radius 1 is 1.33 bits per heavy atom. The fourth-order valence-corrected chi connectivity index (χ4v) is 4.50. The van der Waals surface area contributed by atoms with E-state index >= 15 is 0 Å². The molecule has 0 radical (unpaired) electrons. The summed E-state index contributed by atoms with van der Waals surface area (Å²) in [7, 11) is 0. The molecule has 5 rings (SSSR count). The number of nitrogens with one attached hydrogen (secondary N) is 1. The quantitative estimate of drug-likeness (QED) is 0.682. The second-order valence-electron chi connectivity index (χ2n) is 8.30. The molecule has 2 bridgehead atoms. The number of hydrogen-bond donors (Lipinski definition) is 2. The molecule has 30 heavy (non-hydrogen) atoms. The number of aromatic nitrogens is 5. The molecule has 2 fully saturated rings. The number of imidazole rings is 1. The minimum Gasteiger partial charge on any atom is -0.507 e. The zero-order valence-electron chi connectivity index (χ0n) is 16.6. The fourth-order valence-electron chi connectivity index (χ4n) is 4.50. The van der Waals surface area contributed by atoms with Gasteiger partial charge in [0.05, 0.1) is 23.8 Å². The maximum Gasteiger partial charge on any atom is 0.252 e. The second-order valence-corrected chi connectivity index (χ2v) is 8.30. The average molecular weight is 410 g/mol. The fraction of sp³-hybridized carbons (Fsp3) is 0.429. The number of aromatic hydroxyl groups is 1. The molecule has 4 heterocycles. The van der Waals surface area contributed by atoms with E-state index in [2.05, 4.69) is 32.4 Å². The molecule has 9 heteroatoms. The summed E-state index contributed by atoms with van der Waals surface area (Å²) in [5.41, 5.74) is 1.10. The minimum atomic E-state index is -1.10. The summed E-state index contributed by atoms with van der Waals surface area (Å²) in [5, 5.41) is 22.0. The van der Waals surface area contributed by atoms with E-state index in [0.717, 1.165) is 24.9 Å². The van der Waals surface area contributed by atoms with E-state index in [1.54, 1.807) is 35.4 Å². The maximum absolute atomic E-state index is 14.8. The number of fused-ring (bicyclic) bond motifs is 2. The lowest BCUT2D eigenvalue weighted by atomic mass is 9.75. The molecule has 2 N–H and O–H groups in total. The lowest BCUT2D eigenvalue weighted by Gasteiger charge is -2.48. The third-order valence-corrected chi connectivity index (χ3v) is 6.01. The van der Waals surface area contributed by atoms with Crippen molar-refractivity contribution >= 4 is 0 Å². The highest BCUT2D eigenvalue weighted by atomic mass is 19.1. The van der Waals surface area contributed by atoms with Gasteiger partial charge >= 0.3 is 0 Å². The third kappa shape index (κ3) is 3.49. The molecule has 2 aliphatic rings. The number of benzene rings is 1. The van der Waals surface area contributed by atoms with Crippen LogP contribution in [0.5, 0.6) is 11.6 Å². The maximum atomic E-state index is 14.8. The number of halogens is 1. The van der Waals surface area contributed by atoms with Crippen LogP contribution < -0.4 is 10.1 Å². The Morgan fingerprint density at radius 2 is 2.23 bits per heavy atom. The van der Waals surface area contributed by atoms with Gasteiger partial charge in [0, 0.05) is 36.5 Å². The van der Waals surface area contributed by atoms with E-state index in [1.807, 2.05) is 6.07 Å². The normalized spacial score (nSPS) is 28.3. The molecule has 2 aromatic heterocycles. The molecule has 2 saturated heterocycles. The van der Waals surface area contributed by atoms with Crippen LogP contribution in [-0.4, -0.2) is 53.7 Å². The molecule has 0 saturated carbocycles. The monoisotopic (exact) mass is 410 g/mol. The zero-order valence-corrected chi connectivity index (χ0v) is 16.6. The summed E-state index contributed by atoms with van der Waals surface area (Å²) in [6, 6.07) is 4.96. The molecular weight excluding hydrogens is 387 g/mol. The first-order chi connectivity index (χ1) is 14.5. The minimum absolute atomic E-state index is 0.0274. The van der Waals surface area contributed by atoms with Crippen molar-refractivity contribution in [3.8, 4) is 28.7 Å². The van der Waals surface area contributed by atoms with E-state index in [4.69, 9.17) is 4.74 Å². The molecule has 2 aliphatic heterocycles. The van der Waals surface area contributed by atoms with Crippen LogP contribution in [0.2, 0.25) is 0 Å². The third-order valence-electron chi connectivity index (χ3n) is 6.01. The van der Waals surface area contributed by atoms with Crippen LogP contribution >= 0.6 is 0 Å². The number of piperidine rings is 2. The van der Waals surface area contributed by atoms with Gasteiger partial charge < -0.3 is 19.7 Å².